The van der Waals surface area contributed by atoms with Crippen molar-refractivity contribution in [3.05, 3.63) is 18.2 Å². The molecule has 4 heteroatoms. The lowest BCUT2D eigenvalue weighted by Crippen LogP contribution is -2.41. The highest BCUT2D eigenvalue weighted by Crippen LogP contribution is 2.35. The van der Waals surface area contributed by atoms with Gasteiger partial charge in [-0.05, 0) is 37.5 Å². The number of aliphatic imine (C=N–C) groups is 1. The Bertz CT molecular complexity index is 478. The fourth-order valence-electron chi connectivity index (χ4n) is 2.61. The standard InChI is InChI=1S/C14H19N3O/c1-2-12-14(17-7-3-4-8-17)16-11-9-10(15)5-6-13(11)18-12/h5-6,9,12H,2-4,7-8,15H2,1H3. The van der Waals surface area contributed by atoms with E-state index >= 15 is 0 Å². The van der Waals surface area contributed by atoms with Crippen LogP contribution in [0.1, 0.15) is 26.2 Å². The zero-order valence-electron chi connectivity index (χ0n) is 10.7. The van der Waals surface area contributed by atoms with Gasteiger partial charge in [-0.25, -0.2) is 4.99 Å². The smallest absolute Gasteiger partial charge is 0.156 e. The van der Waals surface area contributed by atoms with E-state index < -0.39 is 0 Å². The molecule has 1 fully saturated rings. The normalized spacial score (nSPS) is 22.4. The summed E-state index contributed by atoms with van der Waals surface area (Å²) in [5.41, 5.74) is 7.41. The molecule has 2 aliphatic rings. The minimum atomic E-state index is 0.0826. The average molecular weight is 245 g/mol. The van der Waals surface area contributed by atoms with Crippen LogP contribution in [0.2, 0.25) is 0 Å². The fraction of sp³-hybridized carbons (Fsp3) is 0.500. The van der Waals surface area contributed by atoms with Gasteiger partial charge in [0.15, 0.2) is 6.10 Å². The summed E-state index contributed by atoms with van der Waals surface area (Å²) in [4.78, 5) is 7.13. The number of nitrogens with zero attached hydrogens (tertiary/aromatic N) is 2. The first-order valence-electron chi connectivity index (χ1n) is 6.67. The second-order valence-electron chi connectivity index (χ2n) is 4.91. The Morgan fingerprint density at radius 1 is 1.39 bits per heavy atom. The first-order valence-corrected chi connectivity index (χ1v) is 6.67. The maximum absolute atomic E-state index is 6.03. The van der Waals surface area contributed by atoms with Crippen molar-refractivity contribution in [1.82, 2.24) is 4.90 Å². The summed E-state index contributed by atoms with van der Waals surface area (Å²) in [6.45, 7) is 4.32. The number of anilines is 1. The van der Waals surface area contributed by atoms with Gasteiger partial charge in [0.1, 0.15) is 17.3 Å². The second kappa shape index (κ2) is 4.52. The zero-order chi connectivity index (χ0) is 12.5. The predicted molar refractivity (Wildman–Crippen MR) is 73.5 cm³/mol. The fourth-order valence-corrected chi connectivity index (χ4v) is 2.61. The molecule has 1 unspecified atom stereocenters. The maximum atomic E-state index is 6.03. The summed E-state index contributed by atoms with van der Waals surface area (Å²) < 4.78 is 6.03. The Kier molecular flexibility index (Phi) is 2.86. The number of likely N-dealkylation sites (tertiary alicyclic amines) is 1. The number of rotatable bonds is 1. The van der Waals surface area contributed by atoms with Gasteiger partial charge in [-0.1, -0.05) is 6.92 Å². The van der Waals surface area contributed by atoms with Crippen LogP contribution in [-0.2, 0) is 0 Å². The minimum Gasteiger partial charge on any atom is -0.480 e. The van der Waals surface area contributed by atoms with Crippen molar-refractivity contribution in [2.24, 2.45) is 4.99 Å². The number of ether oxygens (including phenoxy) is 1. The summed E-state index contributed by atoms with van der Waals surface area (Å²) in [5, 5.41) is 0. The van der Waals surface area contributed by atoms with Crippen LogP contribution in [0.25, 0.3) is 0 Å². The van der Waals surface area contributed by atoms with Crippen molar-refractivity contribution >= 4 is 17.2 Å². The van der Waals surface area contributed by atoms with E-state index in [0.717, 1.165) is 42.5 Å². The van der Waals surface area contributed by atoms with Gasteiger partial charge in [0.2, 0.25) is 0 Å². The monoisotopic (exact) mass is 245 g/mol. The van der Waals surface area contributed by atoms with Crippen LogP contribution in [0.4, 0.5) is 11.4 Å². The maximum Gasteiger partial charge on any atom is 0.156 e. The summed E-state index contributed by atoms with van der Waals surface area (Å²) >= 11 is 0. The Labute approximate surface area is 107 Å². The lowest BCUT2D eigenvalue weighted by molar-refractivity contribution is 0.239. The first-order chi connectivity index (χ1) is 8.78. The molecule has 0 aromatic heterocycles. The third-order valence-corrected chi connectivity index (χ3v) is 3.58. The highest BCUT2D eigenvalue weighted by atomic mass is 16.5. The van der Waals surface area contributed by atoms with Crippen LogP contribution >= 0.6 is 0 Å². The summed E-state index contributed by atoms with van der Waals surface area (Å²) in [5.74, 6) is 1.92. The first kappa shape index (κ1) is 11.4. The lowest BCUT2D eigenvalue weighted by Gasteiger charge is -2.31. The number of hydrogen-bond acceptors (Lipinski definition) is 4. The average Bonchev–Trinajstić information content (AvgIpc) is 2.90. The highest BCUT2D eigenvalue weighted by Gasteiger charge is 2.28. The van der Waals surface area contributed by atoms with E-state index in [2.05, 4.69) is 11.8 Å². The van der Waals surface area contributed by atoms with E-state index in [9.17, 15) is 0 Å². The summed E-state index contributed by atoms with van der Waals surface area (Å²) in [7, 11) is 0. The van der Waals surface area contributed by atoms with E-state index in [1.165, 1.54) is 12.8 Å². The van der Waals surface area contributed by atoms with Crippen LogP contribution in [0.15, 0.2) is 23.2 Å². The van der Waals surface area contributed by atoms with Crippen LogP contribution in [0, 0.1) is 0 Å². The summed E-state index contributed by atoms with van der Waals surface area (Å²) in [6.07, 6.45) is 3.52. The molecule has 0 spiro atoms. The topological polar surface area (TPSA) is 50.9 Å². The van der Waals surface area contributed by atoms with E-state index in [-0.39, 0.29) is 6.10 Å². The Morgan fingerprint density at radius 3 is 2.89 bits per heavy atom. The van der Waals surface area contributed by atoms with E-state index in [0.29, 0.717) is 0 Å². The Hall–Kier alpha value is -1.71. The molecule has 18 heavy (non-hydrogen) atoms. The third-order valence-electron chi connectivity index (χ3n) is 3.58. The van der Waals surface area contributed by atoms with Gasteiger partial charge < -0.3 is 15.4 Å². The molecule has 4 nitrogen and oxygen atoms in total. The van der Waals surface area contributed by atoms with Crippen molar-refractivity contribution in [2.75, 3.05) is 18.8 Å². The lowest BCUT2D eigenvalue weighted by atomic mass is 10.1. The number of benzene rings is 1. The molecule has 0 aliphatic carbocycles. The number of hydrogen-bond donors (Lipinski definition) is 1. The molecule has 1 aromatic rings. The van der Waals surface area contributed by atoms with E-state index in [4.69, 9.17) is 15.5 Å². The molecule has 0 amide bonds. The number of fused-ring (bicyclic) bond motifs is 1. The molecule has 2 heterocycles. The van der Waals surface area contributed by atoms with Gasteiger partial charge in [0, 0.05) is 18.8 Å². The minimum absolute atomic E-state index is 0.0826. The summed E-state index contributed by atoms with van der Waals surface area (Å²) in [6, 6.07) is 5.66. The zero-order valence-corrected chi connectivity index (χ0v) is 10.7. The molecule has 3 rings (SSSR count). The van der Waals surface area contributed by atoms with Crippen LogP contribution < -0.4 is 10.5 Å². The SMILES string of the molecule is CCC1Oc2ccc(N)cc2N=C1N1CCCC1. The predicted octanol–water partition coefficient (Wildman–Crippen LogP) is 2.57. The van der Waals surface area contributed by atoms with Crippen molar-refractivity contribution in [3.8, 4) is 5.75 Å². The van der Waals surface area contributed by atoms with Gasteiger partial charge in [-0.15, -0.1) is 0 Å². The van der Waals surface area contributed by atoms with Gasteiger partial charge in [-0.3, -0.25) is 0 Å². The van der Waals surface area contributed by atoms with Crippen molar-refractivity contribution in [3.63, 3.8) is 0 Å². The molecule has 1 aromatic carbocycles. The van der Waals surface area contributed by atoms with Gasteiger partial charge in [0.25, 0.3) is 0 Å². The van der Waals surface area contributed by atoms with Crippen LogP contribution in [0.5, 0.6) is 5.75 Å². The number of nitrogens with two attached hydrogens (primary N) is 1. The van der Waals surface area contributed by atoms with Crippen LogP contribution in [-0.4, -0.2) is 29.9 Å². The quantitative estimate of drug-likeness (QED) is 0.774. The highest BCUT2D eigenvalue weighted by molar-refractivity contribution is 5.92. The molecule has 0 radical (unpaired) electrons. The Balaban J connectivity index is 1.98. The van der Waals surface area contributed by atoms with Crippen molar-refractivity contribution in [2.45, 2.75) is 32.3 Å². The van der Waals surface area contributed by atoms with Crippen molar-refractivity contribution in [1.29, 1.82) is 0 Å². The van der Waals surface area contributed by atoms with Gasteiger partial charge in [-0.2, -0.15) is 0 Å². The molecule has 0 bridgehead atoms. The largest absolute Gasteiger partial charge is 0.480 e. The second-order valence-corrected chi connectivity index (χ2v) is 4.91. The number of nitrogen functional groups attached to an aromatic ring is 1. The molecule has 1 atom stereocenters. The molecule has 96 valence electrons. The Morgan fingerprint density at radius 2 is 2.17 bits per heavy atom. The van der Waals surface area contributed by atoms with Gasteiger partial charge >= 0.3 is 0 Å². The van der Waals surface area contributed by atoms with Gasteiger partial charge in [0.05, 0.1) is 0 Å². The molecular weight excluding hydrogens is 226 g/mol. The van der Waals surface area contributed by atoms with E-state index in [1.54, 1.807) is 0 Å². The van der Waals surface area contributed by atoms with Crippen molar-refractivity contribution < 1.29 is 4.74 Å². The molecule has 2 aliphatic heterocycles. The molecule has 0 saturated carbocycles. The van der Waals surface area contributed by atoms with E-state index in [1.807, 2.05) is 18.2 Å². The van der Waals surface area contributed by atoms with Crippen LogP contribution in [0.3, 0.4) is 0 Å². The third kappa shape index (κ3) is 1.92. The molecule has 2 N–H and O–H groups in total. The molecule has 1 saturated heterocycles. The molecular formula is C14H19N3O. The number of amidine groups is 1.